The molecule has 0 aromatic heterocycles. The average molecular weight is 343 g/mol. The van der Waals surface area contributed by atoms with Crippen LogP contribution < -0.4 is 10.6 Å². The molecule has 1 saturated heterocycles. The Labute approximate surface area is 140 Å². The summed E-state index contributed by atoms with van der Waals surface area (Å²) in [6, 6.07) is 5.31. The Morgan fingerprint density at radius 3 is 2.29 bits per heavy atom. The third-order valence-electron chi connectivity index (χ3n) is 4.27. The number of hydrogen-bond acceptors (Lipinski definition) is 3. The number of hydrogen-bond donors (Lipinski definition) is 2. The van der Waals surface area contributed by atoms with Gasteiger partial charge in [0.2, 0.25) is 0 Å². The van der Waals surface area contributed by atoms with Crippen molar-refractivity contribution in [1.82, 2.24) is 15.5 Å². The van der Waals surface area contributed by atoms with Gasteiger partial charge in [-0.05, 0) is 23.6 Å². The molecule has 0 radical (unpaired) electrons. The van der Waals surface area contributed by atoms with E-state index in [4.69, 9.17) is 0 Å². The monoisotopic (exact) mass is 343 g/mol. The fourth-order valence-corrected chi connectivity index (χ4v) is 2.76. The van der Waals surface area contributed by atoms with Crippen LogP contribution in [0.2, 0.25) is 0 Å². The minimum absolute atomic E-state index is 0.323. The highest BCUT2D eigenvalue weighted by Crippen LogP contribution is 2.25. The van der Waals surface area contributed by atoms with Crippen molar-refractivity contribution in [3.05, 3.63) is 35.4 Å². The van der Waals surface area contributed by atoms with Crippen LogP contribution >= 0.6 is 0 Å². The van der Waals surface area contributed by atoms with Crippen LogP contribution in [0.3, 0.4) is 0 Å². The topological polar surface area (TPSA) is 44.4 Å². The minimum Gasteiger partial charge on any atom is -0.350 e. The van der Waals surface area contributed by atoms with Crippen LogP contribution in [0, 0.1) is 0 Å². The Kier molecular flexibility index (Phi) is 6.23. The van der Waals surface area contributed by atoms with Crippen molar-refractivity contribution >= 4 is 5.91 Å². The van der Waals surface area contributed by atoms with Crippen molar-refractivity contribution in [2.24, 2.45) is 0 Å². The number of halogens is 3. The molecule has 4 nitrogen and oxygen atoms in total. The highest BCUT2D eigenvalue weighted by Gasteiger charge is 2.43. The molecule has 1 atom stereocenters. The number of alkyl halides is 3. The summed E-state index contributed by atoms with van der Waals surface area (Å²) in [6.45, 7) is 5.34. The number of rotatable bonds is 5. The van der Waals surface area contributed by atoms with Gasteiger partial charge in [0, 0.05) is 38.3 Å². The second-order valence-corrected chi connectivity index (χ2v) is 6.33. The minimum atomic E-state index is -4.37. The quantitative estimate of drug-likeness (QED) is 0.863. The Balaban J connectivity index is 1.98. The molecule has 1 unspecified atom stereocenters. The van der Waals surface area contributed by atoms with E-state index in [1.807, 2.05) is 26.0 Å². The van der Waals surface area contributed by atoms with E-state index >= 15 is 0 Å². The van der Waals surface area contributed by atoms with Crippen molar-refractivity contribution < 1.29 is 18.0 Å². The number of carbonyl (C=O) groups excluding carboxylic acids is 1. The third-order valence-corrected chi connectivity index (χ3v) is 4.27. The number of piperazine rings is 1. The fourth-order valence-electron chi connectivity index (χ4n) is 2.76. The van der Waals surface area contributed by atoms with Crippen LogP contribution in [0.4, 0.5) is 13.2 Å². The molecule has 2 rings (SSSR count). The summed E-state index contributed by atoms with van der Waals surface area (Å²) >= 11 is 0. The van der Waals surface area contributed by atoms with E-state index in [-0.39, 0.29) is 0 Å². The lowest BCUT2D eigenvalue weighted by Crippen LogP contribution is -2.57. The van der Waals surface area contributed by atoms with E-state index in [9.17, 15) is 18.0 Å². The fraction of sp³-hybridized carbons (Fsp3) is 0.588. The average Bonchev–Trinajstić information content (AvgIpc) is 2.54. The maximum absolute atomic E-state index is 13.3. The van der Waals surface area contributed by atoms with E-state index in [0.717, 1.165) is 5.56 Å². The van der Waals surface area contributed by atoms with Crippen LogP contribution in [-0.4, -0.2) is 55.7 Å². The summed E-state index contributed by atoms with van der Waals surface area (Å²) < 4.78 is 39.9. The van der Waals surface area contributed by atoms with Crippen molar-refractivity contribution in [3.8, 4) is 0 Å². The molecule has 0 aliphatic carbocycles. The molecule has 0 bridgehead atoms. The van der Waals surface area contributed by atoms with Gasteiger partial charge in [0.15, 0.2) is 0 Å². The van der Waals surface area contributed by atoms with Crippen molar-refractivity contribution in [2.75, 3.05) is 32.7 Å². The maximum Gasteiger partial charge on any atom is 0.405 e. The molecule has 0 spiro atoms. The second-order valence-electron chi connectivity index (χ2n) is 6.33. The highest BCUT2D eigenvalue weighted by molar-refractivity contribution is 5.94. The molecule has 1 aromatic carbocycles. The normalized spacial score (nSPS) is 17.8. The van der Waals surface area contributed by atoms with E-state index in [1.165, 1.54) is 4.90 Å². The second kappa shape index (κ2) is 7.98. The molecule has 24 heavy (non-hydrogen) atoms. The van der Waals surface area contributed by atoms with Gasteiger partial charge in [-0.3, -0.25) is 9.69 Å². The van der Waals surface area contributed by atoms with E-state index in [1.54, 1.807) is 12.1 Å². The number of benzene rings is 1. The maximum atomic E-state index is 13.3. The first-order valence-electron chi connectivity index (χ1n) is 8.18. The zero-order valence-electron chi connectivity index (χ0n) is 14.0. The van der Waals surface area contributed by atoms with Gasteiger partial charge in [0.25, 0.3) is 5.91 Å². The summed E-state index contributed by atoms with van der Waals surface area (Å²) in [4.78, 5) is 13.5. The first kappa shape index (κ1) is 18.7. The summed E-state index contributed by atoms with van der Waals surface area (Å²) in [5.41, 5.74) is 1.46. The summed E-state index contributed by atoms with van der Waals surface area (Å²) in [5, 5.41) is 5.46. The molecule has 2 N–H and O–H groups in total. The molecule has 134 valence electrons. The summed E-state index contributed by atoms with van der Waals surface area (Å²) in [5.74, 6) is -0.140. The standard InChI is InChI=1S/C17H24F3N3O/c1-12(2)13-3-5-14(6-4-13)16(24)22-11-15(17(18,19)20)23-9-7-21-8-10-23/h3-6,12,15,21H,7-11H2,1-2H3,(H,22,24). The van der Waals surface area contributed by atoms with E-state index in [0.29, 0.717) is 37.7 Å². The first-order chi connectivity index (χ1) is 11.3. The highest BCUT2D eigenvalue weighted by atomic mass is 19.4. The van der Waals surface area contributed by atoms with E-state index < -0.39 is 24.7 Å². The van der Waals surface area contributed by atoms with Gasteiger partial charge in [0.05, 0.1) is 0 Å². The third kappa shape index (κ3) is 4.95. The van der Waals surface area contributed by atoms with Gasteiger partial charge in [-0.1, -0.05) is 26.0 Å². The number of carbonyl (C=O) groups is 1. The molecule has 1 aromatic rings. The Morgan fingerprint density at radius 2 is 1.79 bits per heavy atom. The van der Waals surface area contributed by atoms with Crippen molar-refractivity contribution in [1.29, 1.82) is 0 Å². The Morgan fingerprint density at radius 1 is 1.21 bits per heavy atom. The molecular weight excluding hydrogens is 319 g/mol. The SMILES string of the molecule is CC(C)c1ccc(C(=O)NCC(N2CCNCC2)C(F)(F)F)cc1. The molecule has 0 saturated carbocycles. The predicted octanol–water partition coefficient (Wildman–Crippen LogP) is 2.38. The van der Waals surface area contributed by atoms with Crippen LogP contribution in [-0.2, 0) is 0 Å². The lowest BCUT2D eigenvalue weighted by atomic mass is 10.0. The molecule has 1 aliphatic heterocycles. The lowest BCUT2D eigenvalue weighted by Gasteiger charge is -2.35. The number of amides is 1. The van der Waals surface area contributed by atoms with Crippen LogP contribution in [0.25, 0.3) is 0 Å². The Bertz CT molecular complexity index is 537. The van der Waals surface area contributed by atoms with Crippen molar-refractivity contribution in [2.45, 2.75) is 32.0 Å². The van der Waals surface area contributed by atoms with Gasteiger partial charge in [0.1, 0.15) is 6.04 Å². The molecule has 1 fully saturated rings. The van der Waals surface area contributed by atoms with Crippen molar-refractivity contribution in [3.63, 3.8) is 0 Å². The molecule has 1 aliphatic rings. The van der Waals surface area contributed by atoms with Crippen LogP contribution in [0.5, 0.6) is 0 Å². The molecular formula is C17H24F3N3O. The largest absolute Gasteiger partial charge is 0.405 e. The molecule has 7 heteroatoms. The molecule has 1 amide bonds. The Hall–Kier alpha value is -1.60. The summed E-state index contributed by atoms with van der Waals surface area (Å²) in [7, 11) is 0. The number of nitrogens with one attached hydrogen (secondary N) is 2. The molecule has 1 heterocycles. The lowest BCUT2D eigenvalue weighted by molar-refractivity contribution is -0.183. The first-order valence-corrected chi connectivity index (χ1v) is 8.18. The van der Waals surface area contributed by atoms with Gasteiger partial charge < -0.3 is 10.6 Å². The van der Waals surface area contributed by atoms with Crippen LogP contribution in [0.1, 0.15) is 35.7 Å². The predicted molar refractivity (Wildman–Crippen MR) is 87.1 cm³/mol. The number of nitrogens with zero attached hydrogens (tertiary/aromatic N) is 1. The van der Waals surface area contributed by atoms with Gasteiger partial charge in [-0.2, -0.15) is 13.2 Å². The van der Waals surface area contributed by atoms with Gasteiger partial charge in [-0.25, -0.2) is 0 Å². The van der Waals surface area contributed by atoms with Gasteiger partial charge in [-0.15, -0.1) is 0 Å². The zero-order chi connectivity index (χ0) is 17.7. The van der Waals surface area contributed by atoms with E-state index in [2.05, 4.69) is 10.6 Å². The zero-order valence-corrected chi connectivity index (χ0v) is 14.0. The van der Waals surface area contributed by atoms with Gasteiger partial charge >= 0.3 is 6.18 Å². The summed E-state index contributed by atoms with van der Waals surface area (Å²) in [6.07, 6.45) is -4.37. The smallest absolute Gasteiger partial charge is 0.350 e. The van der Waals surface area contributed by atoms with Crippen LogP contribution in [0.15, 0.2) is 24.3 Å².